The smallest absolute Gasteiger partial charge is 0.262 e. The SMILES string of the molecule is Nc1nccnc1Oc1ccc(Br)cc1. The predicted octanol–water partition coefficient (Wildman–Crippen LogP) is 2.61. The van der Waals surface area contributed by atoms with Crippen molar-refractivity contribution in [2.24, 2.45) is 0 Å². The fraction of sp³-hybridized carbons (Fsp3) is 0. The Bertz CT molecular complexity index is 458. The van der Waals surface area contributed by atoms with E-state index in [1.807, 2.05) is 24.3 Å². The maximum Gasteiger partial charge on any atom is 0.262 e. The van der Waals surface area contributed by atoms with Crippen LogP contribution in [-0.2, 0) is 0 Å². The van der Waals surface area contributed by atoms with Gasteiger partial charge in [-0.15, -0.1) is 0 Å². The Hall–Kier alpha value is -1.62. The van der Waals surface area contributed by atoms with E-state index in [9.17, 15) is 0 Å². The predicted molar refractivity (Wildman–Crippen MR) is 60.7 cm³/mol. The molecule has 2 aromatic rings. The zero-order valence-electron chi connectivity index (χ0n) is 7.72. The number of benzene rings is 1. The first-order valence-corrected chi connectivity index (χ1v) is 5.05. The van der Waals surface area contributed by atoms with E-state index in [2.05, 4.69) is 25.9 Å². The van der Waals surface area contributed by atoms with Gasteiger partial charge in [0.2, 0.25) is 0 Å². The van der Waals surface area contributed by atoms with E-state index in [1.54, 1.807) is 0 Å². The Morgan fingerprint density at radius 2 is 1.73 bits per heavy atom. The van der Waals surface area contributed by atoms with Crippen LogP contribution in [-0.4, -0.2) is 9.97 Å². The summed E-state index contributed by atoms with van der Waals surface area (Å²) >= 11 is 3.34. The summed E-state index contributed by atoms with van der Waals surface area (Å²) in [6.45, 7) is 0. The molecule has 0 amide bonds. The molecular weight excluding hydrogens is 258 g/mol. The van der Waals surface area contributed by atoms with Gasteiger partial charge in [0.1, 0.15) is 5.75 Å². The quantitative estimate of drug-likeness (QED) is 0.907. The van der Waals surface area contributed by atoms with Gasteiger partial charge >= 0.3 is 0 Å². The molecule has 4 nitrogen and oxygen atoms in total. The fourth-order valence-electron chi connectivity index (χ4n) is 1.03. The van der Waals surface area contributed by atoms with Crippen LogP contribution >= 0.6 is 15.9 Å². The van der Waals surface area contributed by atoms with E-state index < -0.39 is 0 Å². The number of halogens is 1. The first-order valence-electron chi connectivity index (χ1n) is 4.25. The van der Waals surface area contributed by atoms with Crippen LogP contribution in [0.25, 0.3) is 0 Å². The lowest BCUT2D eigenvalue weighted by Gasteiger charge is -2.05. The minimum atomic E-state index is 0.278. The van der Waals surface area contributed by atoms with Gasteiger partial charge in [0.05, 0.1) is 0 Å². The summed E-state index contributed by atoms with van der Waals surface area (Å²) < 4.78 is 6.43. The zero-order valence-corrected chi connectivity index (χ0v) is 9.31. The van der Waals surface area contributed by atoms with Crippen molar-refractivity contribution < 1.29 is 4.74 Å². The highest BCUT2D eigenvalue weighted by Gasteiger charge is 2.03. The molecule has 0 fully saturated rings. The van der Waals surface area contributed by atoms with Crippen molar-refractivity contribution >= 4 is 21.7 Å². The normalized spacial score (nSPS) is 9.93. The largest absolute Gasteiger partial charge is 0.436 e. The first-order chi connectivity index (χ1) is 7.25. The van der Waals surface area contributed by atoms with E-state index in [-0.39, 0.29) is 5.82 Å². The average Bonchev–Trinajstić information content (AvgIpc) is 2.25. The van der Waals surface area contributed by atoms with E-state index in [4.69, 9.17) is 10.5 Å². The number of nitrogen functional groups attached to an aromatic ring is 1. The summed E-state index contributed by atoms with van der Waals surface area (Å²) in [6.07, 6.45) is 3.05. The maximum absolute atomic E-state index is 5.59. The standard InChI is InChI=1S/C10H8BrN3O/c11-7-1-3-8(4-2-7)15-10-9(12)13-5-6-14-10/h1-6H,(H2,12,13). The molecule has 0 aliphatic carbocycles. The Morgan fingerprint density at radius 1 is 1.07 bits per heavy atom. The summed E-state index contributed by atoms with van der Waals surface area (Å²) in [5.74, 6) is 1.27. The lowest BCUT2D eigenvalue weighted by atomic mass is 10.3. The number of nitrogens with zero attached hydrogens (tertiary/aromatic N) is 2. The Labute approximate surface area is 95.2 Å². The molecule has 0 bridgehead atoms. The molecule has 0 spiro atoms. The Morgan fingerprint density at radius 3 is 2.40 bits per heavy atom. The minimum Gasteiger partial charge on any atom is -0.436 e. The molecule has 1 aromatic carbocycles. The van der Waals surface area contributed by atoms with Crippen molar-refractivity contribution in [1.82, 2.24) is 9.97 Å². The Kier molecular flexibility index (Phi) is 2.82. The number of hydrogen-bond donors (Lipinski definition) is 1. The molecule has 2 N–H and O–H groups in total. The molecule has 0 radical (unpaired) electrons. The topological polar surface area (TPSA) is 61.0 Å². The third-order valence-electron chi connectivity index (χ3n) is 1.72. The van der Waals surface area contributed by atoms with Crippen molar-refractivity contribution in [2.75, 3.05) is 5.73 Å². The number of hydrogen-bond acceptors (Lipinski definition) is 4. The molecule has 0 saturated heterocycles. The van der Waals surface area contributed by atoms with Crippen molar-refractivity contribution in [1.29, 1.82) is 0 Å². The molecule has 0 atom stereocenters. The van der Waals surface area contributed by atoms with Gasteiger partial charge in [-0.2, -0.15) is 0 Å². The lowest BCUT2D eigenvalue weighted by Crippen LogP contribution is -1.96. The summed E-state index contributed by atoms with van der Waals surface area (Å²) in [5.41, 5.74) is 5.59. The van der Waals surface area contributed by atoms with Crippen LogP contribution in [0.1, 0.15) is 0 Å². The van der Waals surface area contributed by atoms with Crippen LogP contribution in [0.5, 0.6) is 11.6 Å². The number of ether oxygens (including phenoxy) is 1. The van der Waals surface area contributed by atoms with Gasteiger partial charge in [0.25, 0.3) is 5.88 Å². The van der Waals surface area contributed by atoms with Crippen LogP contribution in [0.3, 0.4) is 0 Å². The molecule has 15 heavy (non-hydrogen) atoms. The molecule has 0 saturated carbocycles. The van der Waals surface area contributed by atoms with Crippen molar-refractivity contribution in [3.05, 3.63) is 41.1 Å². The number of nitrogens with two attached hydrogens (primary N) is 1. The van der Waals surface area contributed by atoms with Gasteiger partial charge in [-0.1, -0.05) is 15.9 Å². The second-order valence-corrected chi connectivity index (χ2v) is 3.72. The molecule has 0 aliphatic heterocycles. The summed E-state index contributed by atoms with van der Waals surface area (Å²) in [7, 11) is 0. The van der Waals surface area contributed by atoms with Crippen LogP contribution < -0.4 is 10.5 Å². The molecule has 2 rings (SSSR count). The van der Waals surface area contributed by atoms with E-state index in [0.717, 1.165) is 4.47 Å². The fourth-order valence-corrected chi connectivity index (χ4v) is 1.29. The highest BCUT2D eigenvalue weighted by atomic mass is 79.9. The molecule has 1 heterocycles. The molecule has 0 unspecified atom stereocenters. The number of anilines is 1. The first kappa shape index (κ1) is 9.92. The summed E-state index contributed by atoms with van der Waals surface area (Å²) in [5, 5.41) is 0. The summed E-state index contributed by atoms with van der Waals surface area (Å²) in [4.78, 5) is 7.85. The van der Waals surface area contributed by atoms with Gasteiger partial charge < -0.3 is 10.5 Å². The van der Waals surface area contributed by atoms with Crippen LogP contribution in [0.2, 0.25) is 0 Å². The second kappa shape index (κ2) is 4.27. The van der Waals surface area contributed by atoms with Gasteiger partial charge in [-0.05, 0) is 24.3 Å². The number of aromatic nitrogens is 2. The third-order valence-corrected chi connectivity index (χ3v) is 2.25. The van der Waals surface area contributed by atoms with E-state index >= 15 is 0 Å². The molecule has 76 valence electrons. The summed E-state index contributed by atoms with van der Waals surface area (Å²) in [6, 6.07) is 7.39. The number of rotatable bonds is 2. The van der Waals surface area contributed by atoms with Gasteiger partial charge in [-0.25, -0.2) is 9.97 Å². The van der Waals surface area contributed by atoms with Crippen LogP contribution in [0, 0.1) is 0 Å². The zero-order chi connectivity index (χ0) is 10.7. The van der Waals surface area contributed by atoms with Crippen molar-refractivity contribution in [3.63, 3.8) is 0 Å². The van der Waals surface area contributed by atoms with Crippen molar-refractivity contribution in [3.8, 4) is 11.6 Å². The molecular formula is C10H8BrN3O. The Balaban J connectivity index is 2.22. The molecule has 5 heteroatoms. The highest BCUT2D eigenvalue weighted by molar-refractivity contribution is 9.10. The lowest BCUT2D eigenvalue weighted by molar-refractivity contribution is 0.463. The molecule has 1 aromatic heterocycles. The van der Waals surface area contributed by atoms with Crippen LogP contribution in [0.15, 0.2) is 41.1 Å². The van der Waals surface area contributed by atoms with Gasteiger partial charge in [-0.3, -0.25) is 0 Å². The minimum absolute atomic E-state index is 0.278. The monoisotopic (exact) mass is 265 g/mol. The van der Waals surface area contributed by atoms with Gasteiger partial charge in [0, 0.05) is 16.9 Å². The van der Waals surface area contributed by atoms with E-state index in [0.29, 0.717) is 11.6 Å². The third kappa shape index (κ3) is 2.44. The highest BCUT2D eigenvalue weighted by Crippen LogP contribution is 2.24. The van der Waals surface area contributed by atoms with Gasteiger partial charge in [0.15, 0.2) is 5.82 Å². The second-order valence-electron chi connectivity index (χ2n) is 2.80. The average molecular weight is 266 g/mol. The van der Waals surface area contributed by atoms with E-state index in [1.165, 1.54) is 12.4 Å². The van der Waals surface area contributed by atoms with Crippen LogP contribution in [0.4, 0.5) is 5.82 Å². The maximum atomic E-state index is 5.59. The molecule has 0 aliphatic rings. The van der Waals surface area contributed by atoms with Crippen molar-refractivity contribution in [2.45, 2.75) is 0 Å².